The predicted molar refractivity (Wildman–Crippen MR) is 90.6 cm³/mol. The van der Waals surface area contributed by atoms with Crippen LogP contribution >= 0.6 is 0 Å². The first-order valence-electron chi connectivity index (χ1n) is 8.02. The number of methoxy groups -OCH3 is 1. The van der Waals surface area contributed by atoms with Crippen LogP contribution in [0.2, 0.25) is 0 Å². The second-order valence-corrected chi connectivity index (χ2v) is 5.74. The van der Waals surface area contributed by atoms with Gasteiger partial charge in [-0.15, -0.1) is 0 Å². The van der Waals surface area contributed by atoms with E-state index in [2.05, 4.69) is 15.2 Å². The van der Waals surface area contributed by atoms with Crippen molar-refractivity contribution in [3.63, 3.8) is 0 Å². The van der Waals surface area contributed by atoms with Gasteiger partial charge < -0.3 is 20.5 Å². The zero-order valence-electron chi connectivity index (χ0n) is 13.9. The fourth-order valence-corrected chi connectivity index (χ4v) is 2.70. The fraction of sp³-hybridized carbons (Fsp3) is 0.353. The number of rotatable bonds is 5. The molecule has 3 rings (SSSR count). The van der Waals surface area contributed by atoms with Gasteiger partial charge in [0.1, 0.15) is 11.4 Å². The highest BCUT2D eigenvalue weighted by molar-refractivity contribution is 5.95. The van der Waals surface area contributed by atoms with Crippen molar-refractivity contribution in [1.82, 2.24) is 15.1 Å². The van der Waals surface area contributed by atoms with Gasteiger partial charge in [-0.25, -0.2) is 9.48 Å². The van der Waals surface area contributed by atoms with Crippen LogP contribution in [0.1, 0.15) is 33.6 Å². The number of benzene rings is 1. The molecule has 0 saturated carbocycles. The molecule has 1 aromatic heterocycles. The molecular weight excluding hydrogens is 324 g/mol. The second kappa shape index (κ2) is 7.35. The Labute approximate surface area is 144 Å². The smallest absolute Gasteiger partial charge is 0.343 e. The van der Waals surface area contributed by atoms with Crippen LogP contribution in [-0.2, 0) is 9.47 Å². The van der Waals surface area contributed by atoms with Crippen molar-refractivity contribution >= 4 is 17.7 Å². The molecule has 8 nitrogen and oxygen atoms in total. The van der Waals surface area contributed by atoms with Crippen molar-refractivity contribution in [3.05, 3.63) is 41.6 Å². The Morgan fingerprint density at radius 2 is 2.16 bits per heavy atom. The maximum atomic E-state index is 12.2. The number of nitrogens with one attached hydrogen (secondary N) is 1. The molecule has 1 saturated heterocycles. The summed E-state index contributed by atoms with van der Waals surface area (Å²) >= 11 is 0. The van der Waals surface area contributed by atoms with Gasteiger partial charge in [0.25, 0.3) is 5.91 Å². The summed E-state index contributed by atoms with van der Waals surface area (Å²) in [7, 11) is 1.28. The summed E-state index contributed by atoms with van der Waals surface area (Å²) in [6, 6.07) is 6.79. The fourth-order valence-electron chi connectivity index (χ4n) is 2.70. The zero-order chi connectivity index (χ0) is 17.8. The lowest BCUT2D eigenvalue weighted by Gasteiger charge is -2.11. The van der Waals surface area contributed by atoms with Crippen molar-refractivity contribution in [1.29, 1.82) is 0 Å². The van der Waals surface area contributed by atoms with E-state index in [0.717, 1.165) is 19.4 Å². The summed E-state index contributed by atoms with van der Waals surface area (Å²) in [5, 5.41) is 6.96. The van der Waals surface area contributed by atoms with E-state index in [0.29, 0.717) is 17.8 Å². The van der Waals surface area contributed by atoms with Gasteiger partial charge in [-0.05, 0) is 37.1 Å². The number of nitrogens with zero attached hydrogens (tertiary/aromatic N) is 2. The number of esters is 1. The van der Waals surface area contributed by atoms with Crippen LogP contribution in [0.3, 0.4) is 0 Å². The molecule has 0 bridgehead atoms. The average Bonchev–Trinajstić information content (AvgIpc) is 3.29. The molecule has 8 heteroatoms. The molecule has 1 amide bonds. The quantitative estimate of drug-likeness (QED) is 0.788. The molecule has 2 aromatic rings. The van der Waals surface area contributed by atoms with E-state index in [1.165, 1.54) is 18.0 Å². The van der Waals surface area contributed by atoms with Gasteiger partial charge in [0.15, 0.2) is 0 Å². The summed E-state index contributed by atoms with van der Waals surface area (Å²) in [5.74, 6) is -0.526. The van der Waals surface area contributed by atoms with Crippen LogP contribution in [0, 0.1) is 0 Å². The Balaban J connectivity index is 1.68. The topological polar surface area (TPSA) is 108 Å². The monoisotopic (exact) mass is 344 g/mol. The lowest BCUT2D eigenvalue weighted by molar-refractivity contribution is 0.0602. The largest absolute Gasteiger partial charge is 0.465 e. The SMILES string of the molecule is COC(=O)c1cnn(-c2ccc(C(=O)NCC3CCCO3)cc2)c1N. The van der Waals surface area contributed by atoms with Gasteiger partial charge in [-0.1, -0.05) is 0 Å². The number of carbonyl (C=O) groups excluding carboxylic acids is 2. The van der Waals surface area contributed by atoms with Crippen LogP contribution in [0.4, 0.5) is 5.82 Å². The number of anilines is 1. The average molecular weight is 344 g/mol. The van der Waals surface area contributed by atoms with E-state index >= 15 is 0 Å². The van der Waals surface area contributed by atoms with Crippen LogP contribution < -0.4 is 11.1 Å². The third-order valence-corrected chi connectivity index (χ3v) is 4.10. The Hall–Kier alpha value is -2.87. The predicted octanol–water partition coefficient (Wildman–Crippen LogP) is 1.15. The number of nitrogen functional groups attached to an aromatic ring is 1. The molecular formula is C17H20N4O4. The first-order valence-corrected chi connectivity index (χ1v) is 8.02. The third-order valence-electron chi connectivity index (χ3n) is 4.10. The van der Waals surface area contributed by atoms with Gasteiger partial charge in [0.05, 0.1) is 25.1 Å². The lowest BCUT2D eigenvalue weighted by Crippen LogP contribution is -2.31. The number of hydrogen-bond acceptors (Lipinski definition) is 6. The van der Waals surface area contributed by atoms with E-state index < -0.39 is 5.97 Å². The summed E-state index contributed by atoms with van der Waals surface area (Å²) in [4.78, 5) is 23.8. The van der Waals surface area contributed by atoms with E-state index in [4.69, 9.17) is 10.5 Å². The summed E-state index contributed by atoms with van der Waals surface area (Å²) in [5.41, 5.74) is 7.30. The molecule has 3 N–H and O–H groups in total. The highest BCUT2D eigenvalue weighted by atomic mass is 16.5. The number of ether oxygens (including phenoxy) is 2. The molecule has 1 fully saturated rings. The number of nitrogens with two attached hydrogens (primary N) is 1. The Kier molecular flexibility index (Phi) is 4.99. The van der Waals surface area contributed by atoms with E-state index in [1.807, 2.05) is 0 Å². The van der Waals surface area contributed by atoms with Gasteiger partial charge >= 0.3 is 5.97 Å². The maximum Gasteiger partial charge on any atom is 0.343 e. The molecule has 2 heterocycles. The maximum absolute atomic E-state index is 12.2. The molecule has 1 aromatic carbocycles. The number of hydrogen-bond donors (Lipinski definition) is 2. The minimum Gasteiger partial charge on any atom is -0.465 e. The standard InChI is InChI=1S/C17H20N4O4/c1-24-17(23)14-10-20-21(15(14)18)12-6-4-11(5-7-12)16(22)19-9-13-3-2-8-25-13/h4-7,10,13H,2-3,8-9,18H2,1H3,(H,19,22). The molecule has 132 valence electrons. The molecule has 1 unspecified atom stereocenters. The minimum absolute atomic E-state index is 0.101. The minimum atomic E-state index is -0.547. The zero-order valence-corrected chi connectivity index (χ0v) is 13.9. The van der Waals surface area contributed by atoms with Crippen LogP contribution in [-0.4, -0.2) is 48.0 Å². The first-order chi connectivity index (χ1) is 12.1. The molecule has 0 aliphatic carbocycles. The van der Waals surface area contributed by atoms with Crippen molar-refractivity contribution < 1.29 is 19.1 Å². The summed E-state index contributed by atoms with van der Waals surface area (Å²) in [6.45, 7) is 1.27. The molecule has 1 aliphatic rings. The van der Waals surface area contributed by atoms with Gasteiger partial charge in [0, 0.05) is 18.7 Å². The Bertz CT molecular complexity index is 763. The normalized spacial score (nSPS) is 16.6. The summed E-state index contributed by atoms with van der Waals surface area (Å²) in [6.07, 6.45) is 3.46. The summed E-state index contributed by atoms with van der Waals surface area (Å²) < 4.78 is 11.5. The lowest BCUT2D eigenvalue weighted by atomic mass is 10.2. The highest BCUT2D eigenvalue weighted by Crippen LogP contribution is 2.18. The van der Waals surface area contributed by atoms with Crippen molar-refractivity contribution in [3.8, 4) is 5.69 Å². The third kappa shape index (κ3) is 3.63. The van der Waals surface area contributed by atoms with Crippen LogP contribution in [0.15, 0.2) is 30.5 Å². The number of aromatic nitrogens is 2. The van der Waals surface area contributed by atoms with E-state index in [9.17, 15) is 9.59 Å². The molecule has 1 aliphatic heterocycles. The highest BCUT2D eigenvalue weighted by Gasteiger charge is 2.18. The molecule has 0 radical (unpaired) electrons. The van der Waals surface area contributed by atoms with E-state index in [-0.39, 0.29) is 23.4 Å². The Morgan fingerprint density at radius 1 is 1.40 bits per heavy atom. The van der Waals surface area contributed by atoms with E-state index in [1.54, 1.807) is 24.3 Å². The van der Waals surface area contributed by atoms with Gasteiger partial charge in [-0.3, -0.25) is 4.79 Å². The molecule has 1 atom stereocenters. The number of carbonyl (C=O) groups is 2. The van der Waals surface area contributed by atoms with Crippen LogP contribution in [0.5, 0.6) is 0 Å². The van der Waals surface area contributed by atoms with Gasteiger partial charge in [0.2, 0.25) is 0 Å². The molecule has 25 heavy (non-hydrogen) atoms. The van der Waals surface area contributed by atoms with Crippen LogP contribution in [0.25, 0.3) is 5.69 Å². The second-order valence-electron chi connectivity index (χ2n) is 5.74. The van der Waals surface area contributed by atoms with Crippen molar-refractivity contribution in [2.24, 2.45) is 0 Å². The van der Waals surface area contributed by atoms with Crippen molar-refractivity contribution in [2.75, 3.05) is 26.0 Å². The number of amides is 1. The van der Waals surface area contributed by atoms with Crippen molar-refractivity contribution in [2.45, 2.75) is 18.9 Å². The molecule has 0 spiro atoms. The Morgan fingerprint density at radius 3 is 2.80 bits per heavy atom. The first kappa shape index (κ1) is 17.0. The van der Waals surface area contributed by atoms with Gasteiger partial charge in [-0.2, -0.15) is 5.10 Å².